The van der Waals surface area contributed by atoms with Crippen molar-refractivity contribution < 1.29 is 19.4 Å². The van der Waals surface area contributed by atoms with E-state index < -0.39 is 6.10 Å². The van der Waals surface area contributed by atoms with E-state index in [9.17, 15) is 9.90 Å². The molecule has 1 amide bonds. The number of amides is 1. The van der Waals surface area contributed by atoms with Crippen molar-refractivity contribution in [2.45, 2.75) is 25.0 Å². The Morgan fingerprint density at radius 3 is 2.86 bits per heavy atom. The van der Waals surface area contributed by atoms with E-state index in [1.54, 1.807) is 16.2 Å². The summed E-state index contributed by atoms with van der Waals surface area (Å²) in [6, 6.07) is 7.46. The first-order valence-corrected chi connectivity index (χ1v) is 10.6. The van der Waals surface area contributed by atoms with E-state index >= 15 is 0 Å². The summed E-state index contributed by atoms with van der Waals surface area (Å²) >= 11 is 1.66. The number of carbonyl (C=O) groups is 1. The zero-order valence-corrected chi connectivity index (χ0v) is 16.3. The molecule has 28 heavy (non-hydrogen) atoms. The number of anilines is 2. The number of carbonyl (C=O) groups excluding carboxylic acids is 1. The first-order chi connectivity index (χ1) is 13.7. The van der Waals surface area contributed by atoms with Crippen molar-refractivity contribution in [3.8, 4) is 5.75 Å². The molecule has 8 heteroatoms. The van der Waals surface area contributed by atoms with Gasteiger partial charge in [0.25, 0.3) is 0 Å². The van der Waals surface area contributed by atoms with Crippen LogP contribution in [0.2, 0.25) is 0 Å². The van der Waals surface area contributed by atoms with Crippen molar-refractivity contribution in [3.05, 3.63) is 35.8 Å². The molecule has 3 fully saturated rings. The average molecular weight is 401 g/mol. The molecule has 3 aliphatic rings. The molecule has 2 saturated heterocycles. The molecule has 7 nitrogen and oxygen atoms in total. The fourth-order valence-electron chi connectivity index (χ4n) is 4.57. The Labute approximate surface area is 167 Å². The second kappa shape index (κ2) is 7.25. The van der Waals surface area contributed by atoms with Gasteiger partial charge >= 0.3 is 6.09 Å². The summed E-state index contributed by atoms with van der Waals surface area (Å²) in [5.41, 5.74) is 0.763. The topological polar surface area (TPSA) is 75.1 Å². The van der Waals surface area contributed by atoms with E-state index in [2.05, 4.69) is 9.88 Å². The van der Waals surface area contributed by atoms with Crippen molar-refractivity contribution in [1.29, 1.82) is 0 Å². The third-order valence-corrected chi connectivity index (χ3v) is 6.78. The molecule has 0 spiro atoms. The van der Waals surface area contributed by atoms with Gasteiger partial charge in [-0.3, -0.25) is 4.90 Å². The highest BCUT2D eigenvalue weighted by Gasteiger charge is 2.43. The molecule has 0 bridgehead atoms. The number of hydrogen-bond donors (Lipinski definition) is 1. The van der Waals surface area contributed by atoms with E-state index in [-0.39, 0.29) is 12.2 Å². The lowest BCUT2D eigenvalue weighted by Crippen LogP contribution is -2.42. The molecule has 1 aliphatic carbocycles. The summed E-state index contributed by atoms with van der Waals surface area (Å²) < 4.78 is 11.2. The Morgan fingerprint density at radius 1 is 1.25 bits per heavy atom. The first-order valence-electron chi connectivity index (χ1n) is 9.71. The standard InChI is InChI=1S/C20H23N3O4S/c24-17-8-13-11-22(19-21-4-7-28-19)12-14(13)9-18(17)27-16-3-1-2-15(10-16)23-5-6-26-20(23)25/h1-4,7,10,13-14,17-18,24H,5-6,8-9,11-12H2/t13-,14+,17+,18+/m0/s1. The number of aliphatic hydroxyl groups is 1. The molecule has 0 radical (unpaired) electrons. The molecule has 0 unspecified atom stereocenters. The Morgan fingerprint density at radius 2 is 2.11 bits per heavy atom. The molecule has 1 N–H and O–H groups in total. The minimum atomic E-state index is -0.488. The number of ether oxygens (including phenoxy) is 2. The van der Waals surface area contributed by atoms with Gasteiger partial charge in [0.05, 0.1) is 18.3 Å². The number of aliphatic hydroxyl groups excluding tert-OH is 1. The summed E-state index contributed by atoms with van der Waals surface area (Å²) in [7, 11) is 0. The van der Waals surface area contributed by atoms with Gasteiger partial charge in [-0.2, -0.15) is 0 Å². The average Bonchev–Trinajstić information content (AvgIpc) is 3.42. The van der Waals surface area contributed by atoms with Crippen LogP contribution in [0.25, 0.3) is 0 Å². The normalized spacial score (nSPS) is 29.7. The predicted octanol–water partition coefficient (Wildman–Crippen LogP) is 2.75. The number of fused-ring (bicyclic) bond motifs is 1. The monoisotopic (exact) mass is 401 g/mol. The molecule has 1 saturated carbocycles. The van der Waals surface area contributed by atoms with Gasteiger partial charge in [-0.15, -0.1) is 11.3 Å². The maximum absolute atomic E-state index is 11.8. The van der Waals surface area contributed by atoms with Crippen molar-refractivity contribution in [2.24, 2.45) is 11.8 Å². The second-order valence-electron chi connectivity index (χ2n) is 7.70. The van der Waals surface area contributed by atoms with Crippen LogP contribution in [-0.4, -0.2) is 54.6 Å². The van der Waals surface area contributed by atoms with Gasteiger partial charge in [0.15, 0.2) is 5.13 Å². The third kappa shape index (κ3) is 3.31. The number of hydrogen-bond acceptors (Lipinski definition) is 7. The highest BCUT2D eigenvalue weighted by atomic mass is 32.1. The summed E-state index contributed by atoms with van der Waals surface area (Å²) in [5.74, 6) is 1.65. The number of thiazole rings is 1. The number of cyclic esters (lactones) is 1. The quantitative estimate of drug-likeness (QED) is 0.849. The first kappa shape index (κ1) is 17.8. The lowest BCUT2D eigenvalue weighted by molar-refractivity contribution is -0.0231. The molecular weight excluding hydrogens is 378 g/mol. The molecule has 1 aromatic heterocycles. The molecule has 4 atom stereocenters. The lowest BCUT2D eigenvalue weighted by Gasteiger charge is -2.35. The van der Waals surface area contributed by atoms with Gasteiger partial charge in [-0.25, -0.2) is 9.78 Å². The van der Waals surface area contributed by atoms with Gasteiger partial charge in [-0.1, -0.05) is 6.07 Å². The Balaban J connectivity index is 1.27. The van der Waals surface area contributed by atoms with Crippen LogP contribution in [0.5, 0.6) is 5.75 Å². The molecule has 148 valence electrons. The summed E-state index contributed by atoms with van der Waals surface area (Å²) in [6.07, 6.45) is 2.35. The number of aromatic nitrogens is 1. The maximum atomic E-state index is 11.8. The van der Waals surface area contributed by atoms with Crippen molar-refractivity contribution in [3.63, 3.8) is 0 Å². The zero-order valence-electron chi connectivity index (χ0n) is 15.4. The van der Waals surface area contributed by atoms with Gasteiger partial charge in [0.2, 0.25) is 0 Å². The summed E-state index contributed by atoms with van der Waals surface area (Å²) in [4.78, 5) is 20.1. The highest BCUT2D eigenvalue weighted by molar-refractivity contribution is 7.13. The van der Waals surface area contributed by atoms with Gasteiger partial charge < -0.3 is 19.5 Å². The summed E-state index contributed by atoms with van der Waals surface area (Å²) in [5, 5.41) is 13.7. The molecule has 5 rings (SSSR count). The van der Waals surface area contributed by atoms with E-state index in [1.807, 2.05) is 35.8 Å². The maximum Gasteiger partial charge on any atom is 0.414 e. The van der Waals surface area contributed by atoms with Gasteiger partial charge in [0, 0.05) is 30.7 Å². The van der Waals surface area contributed by atoms with E-state index in [0.717, 1.165) is 36.8 Å². The molecule has 2 aromatic rings. The van der Waals surface area contributed by atoms with E-state index in [4.69, 9.17) is 9.47 Å². The van der Waals surface area contributed by atoms with Crippen LogP contribution in [0.1, 0.15) is 12.8 Å². The van der Waals surface area contributed by atoms with Crippen LogP contribution in [0.3, 0.4) is 0 Å². The minimum absolute atomic E-state index is 0.238. The number of benzene rings is 1. The van der Waals surface area contributed by atoms with Crippen LogP contribution in [0.4, 0.5) is 15.6 Å². The SMILES string of the molecule is O=C1OCCN1c1cccc(O[C@@H]2C[C@@H]3CN(c4nccs4)C[C@@H]3C[C@H]2O)c1. The number of rotatable bonds is 4. The van der Waals surface area contributed by atoms with Crippen molar-refractivity contribution >= 4 is 28.2 Å². The van der Waals surface area contributed by atoms with Crippen molar-refractivity contribution in [2.75, 3.05) is 36.0 Å². The van der Waals surface area contributed by atoms with Crippen LogP contribution in [-0.2, 0) is 4.74 Å². The van der Waals surface area contributed by atoms with E-state index in [0.29, 0.717) is 30.7 Å². The van der Waals surface area contributed by atoms with Crippen molar-refractivity contribution in [1.82, 2.24) is 4.98 Å². The third-order valence-electron chi connectivity index (χ3n) is 5.95. The smallest absolute Gasteiger partial charge is 0.414 e. The lowest BCUT2D eigenvalue weighted by atomic mass is 9.78. The van der Waals surface area contributed by atoms with Crippen LogP contribution >= 0.6 is 11.3 Å². The molecule has 2 aliphatic heterocycles. The highest BCUT2D eigenvalue weighted by Crippen LogP contribution is 2.40. The molecule has 3 heterocycles. The van der Waals surface area contributed by atoms with Crippen LogP contribution < -0.4 is 14.5 Å². The largest absolute Gasteiger partial charge is 0.488 e. The number of nitrogens with zero attached hydrogens (tertiary/aromatic N) is 3. The fraction of sp³-hybridized carbons (Fsp3) is 0.500. The molecular formula is C20H23N3O4S. The summed E-state index contributed by atoms with van der Waals surface area (Å²) in [6.45, 7) is 2.87. The Kier molecular flexibility index (Phi) is 4.60. The minimum Gasteiger partial charge on any atom is -0.488 e. The Bertz CT molecular complexity index is 846. The molecule has 1 aromatic carbocycles. The fourth-order valence-corrected chi connectivity index (χ4v) is 5.24. The zero-order chi connectivity index (χ0) is 19.1. The van der Waals surface area contributed by atoms with Gasteiger partial charge in [-0.05, 0) is 36.8 Å². The van der Waals surface area contributed by atoms with Crippen LogP contribution in [0.15, 0.2) is 35.8 Å². The van der Waals surface area contributed by atoms with Crippen LogP contribution in [0, 0.1) is 11.8 Å². The Hall–Kier alpha value is -2.32. The predicted molar refractivity (Wildman–Crippen MR) is 106 cm³/mol. The second-order valence-corrected chi connectivity index (χ2v) is 8.57. The van der Waals surface area contributed by atoms with Gasteiger partial charge in [0.1, 0.15) is 18.5 Å². The van der Waals surface area contributed by atoms with E-state index in [1.165, 1.54) is 0 Å².